The van der Waals surface area contributed by atoms with Gasteiger partial charge < -0.3 is 10.1 Å². The molecule has 1 N–H and O–H groups in total. The van der Waals surface area contributed by atoms with Crippen molar-refractivity contribution in [1.29, 1.82) is 0 Å². The van der Waals surface area contributed by atoms with Gasteiger partial charge in [-0.25, -0.2) is 0 Å². The predicted octanol–water partition coefficient (Wildman–Crippen LogP) is 6.01. The molecule has 168 valence electrons. The van der Waals surface area contributed by atoms with Crippen molar-refractivity contribution in [3.05, 3.63) is 73.5 Å². The monoisotopic (exact) mass is 488 g/mol. The van der Waals surface area contributed by atoms with E-state index in [1.54, 1.807) is 25.1 Å². The molecule has 0 atom stereocenters. The first kappa shape index (κ1) is 23.4. The number of non-ortho nitro benzene ring substituents is 1. The molecule has 0 aliphatic rings. The van der Waals surface area contributed by atoms with Crippen LogP contribution in [0.1, 0.15) is 21.7 Å². The topological polar surface area (TPSA) is 99.3 Å². The van der Waals surface area contributed by atoms with E-state index in [1.165, 1.54) is 6.07 Å². The van der Waals surface area contributed by atoms with Crippen molar-refractivity contribution in [2.24, 2.45) is 7.05 Å². The highest BCUT2D eigenvalue weighted by atomic mass is 35.5. The van der Waals surface area contributed by atoms with Gasteiger partial charge in [0.05, 0.1) is 16.7 Å². The Labute approximate surface area is 188 Å². The second kappa shape index (κ2) is 8.67. The van der Waals surface area contributed by atoms with E-state index >= 15 is 0 Å². The Balaban J connectivity index is 1.94. The molecule has 0 aliphatic heterocycles. The predicted molar refractivity (Wildman–Crippen MR) is 111 cm³/mol. The van der Waals surface area contributed by atoms with Gasteiger partial charge in [0.1, 0.15) is 16.5 Å². The number of benzene rings is 2. The molecular weight excluding hydrogens is 476 g/mol. The number of anilines is 1. The zero-order valence-electron chi connectivity index (χ0n) is 16.3. The zero-order chi connectivity index (χ0) is 23.8. The molecule has 3 aromatic rings. The average molecular weight is 489 g/mol. The smallest absolute Gasteiger partial charge is 0.434 e. The SMILES string of the molecule is Cc1cc(Cl)ccc1Oc1cc(NC(=O)c2nn(C)c(C(F)(F)F)c2Cl)cc([N+](=O)[O-])c1. The van der Waals surface area contributed by atoms with Gasteiger partial charge in [-0.1, -0.05) is 23.2 Å². The molecule has 0 saturated carbocycles. The number of nitro groups is 1. The van der Waals surface area contributed by atoms with E-state index in [4.69, 9.17) is 27.9 Å². The van der Waals surface area contributed by atoms with Gasteiger partial charge in [-0.15, -0.1) is 0 Å². The van der Waals surface area contributed by atoms with Gasteiger partial charge in [-0.2, -0.15) is 18.3 Å². The molecule has 0 spiro atoms. The third-order valence-corrected chi connectivity index (χ3v) is 4.79. The molecule has 0 unspecified atom stereocenters. The number of nitrogens with one attached hydrogen (secondary N) is 1. The van der Waals surface area contributed by atoms with Gasteiger partial charge in [-0.3, -0.25) is 19.6 Å². The van der Waals surface area contributed by atoms with Crippen molar-refractivity contribution in [2.75, 3.05) is 5.32 Å². The van der Waals surface area contributed by atoms with Gasteiger partial charge >= 0.3 is 6.18 Å². The highest BCUT2D eigenvalue weighted by molar-refractivity contribution is 6.34. The minimum absolute atomic E-state index is 0.00280. The molecule has 13 heteroatoms. The first-order valence-corrected chi connectivity index (χ1v) is 9.47. The normalized spacial score (nSPS) is 11.3. The number of nitro benzene ring substituents is 1. The first-order valence-electron chi connectivity index (χ1n) is 8.71. The van der Waals surface area contributed by atoms with Crippen LogP contribution in [0.5, 0.6) is 11.5 Å². The summed E-state index contributed by atoms with van der Waals surface area (Å²) in [5.74, 6) is -0.729. The summed E-state index contributed by atoms with van der Waals surface area (Å²) in [6.07, 6.45) is -4.83. The van der Waals surface area contributed by atoms with E-state index < -0.39 is 39.1 Å². The van der Waals surface area contributed by atoms with E-state index in [0.717, 1.165) is 19.2 Å². The highest BCUT2D eigenvalue weighted by Gasteiger charge is 2.40. The minimum atomic E-state index is -4.83. The van der Waals surface area contributed by atoms with Crippen LogP contribution in [0.2, 0.25) is 10.0 Å². The van der Waals surface area contributed by atoms with Crippen LogP contribution in [-0.2, 0) is 13.2 Å². The van der Waals surface area contributed by atoms with Crippen LogP contribution in [0.25, 0.3) is 0 Å². The molecule has 0 aliphatic carbocycles. The van der Waals surface area contributed by atoms with Crippen molar-refractivity contribution in [3.8, 4) is 11.5 Å². The lowest BCUT2D eigenvalue weighted by Crippen LogP contribution is -2.13. The van der Waals surface area contributed by atoms with Gasteiger partial charge in [0.25, 0.3) is 11.6 Å². The molecule has 8 nitrogen and oxygen atoms in total. The molecule has 32 heavy (non-hydrogen) atoms. The average Bonchev–Trinajstić information content (AvgIpc) is 2.98. The van der Waals surface area contributed by atoms with Crippen molar-refractivity contribution >= 4 is 40.5 Å². The number of aryl methyl sites for hydroxylation is 2. The Kier molecular flexibility index (Phi) is 6.33. The summed E-state index contributed by atoms with van der Waals surface area (Å²) >= 11 is 11.6. The van der Waals surface area contributed by atoms with E-state index in [0.29, 0.717) is 21.0 Å². The van der Waals surface area contributed by atoms with E-state index in [1.807, 2.05) is 0 Å². The number of alkyl halides is 3. The van der Waals surface area contributed by atoms with Gasteiger partial charge in [0.2, 0.25) is 0 Å². The maximum atomic E-state index is 13.1. The van der Waals surface area contributed by atoms with Crippen LogP contribution < -0.4 is 10.1 Å². The fourth-order valence-electron chi connectivity index (χ4n) is 2.82. The molecule has 0 bridgehead atoms. The number of nitrogens with zero attached hydrogens (tertiary/aromatic N) is 3. The van der Waals surface area contributed by atoms with Crippen molar-refractivity contribution in [1.82, 2.24) is 9.78 Å². The van der Waals surface area contributed by atoms with E-state index in [-0.39, 0.29) is 11.4 Å². The van der Waals surface area contributed by atoms with Crippen molar-refractivity contribution in [3.63, 3.8) is 0 Å². The number of halogens is 5. The fraction of sp³-hybridized carbons (Fsp3) is 0.158. The largest absolute Gasteiger partial charge is 0.457 e. The van der Waals surface area contributed by atoms with E-state index in [2.05, 4.69) is 10.4 Å². The third-order valence-electron chi connectivity index (χ3n) is 4.20. The second-order valence-corrected chi connectivity index (χ2v) is 7.39. The molecule has 0 fully saturated rings. The van der Waals surface area contributed by atoms with Crippen LogP contribution in [0, 0.1) is 17.0 Å². The Morgan fingerprint density at radius 2 is 1.91 bits per heavy atom. The molecule has 2 aromatic carbocycles. The zero-order valence-corrected chi connectivity index (χ0v) is 17.8. The van der Waals surface area contributed by atoms with Crippen LogP contribution in [0.4, 0.5) is 24.5 Å². The lowest BCUT2D eigenvalue weighted by Gasteiger charge is -2.11. The van der Waals surface area contributed by atoms with Crippen LogP contribution >= 0.6 is 23.2 Å². The standard InChI is InChI=1S/C19H13Cl2F3N4O4/c1-9-5-10(20)3-4-14(9)32-13-7-11(6-12(8-13)28(30)31)25-18(29)16-15(21)17(19(22,23)24)27(2)26-16/h3-8H,1-2H3,(H,25,29). The van der Waals surface area contributed by atoms with Gasteiger partial charge in [0.15, 0.2) is 11.4 Å². The summed E-state index contributed by atoms with van der Waals surface area (Å²) in [5, 5.41) is 16.6. The summed E-state index contributed by atoms with van der Waals surface area (Å²) in [5.41, 5.74) is -1.88. The molecular formula is C19H13Cl2F3N4O4. The lowest BCUT2D eigenvalue weighted by molar-refractivity contribution is -0.384. The van der Waals surface area contributed by atoms with Crippen LogP contribution in [0.3, 0.4) is 0 Å². The fourth-order valence-corrected chi connectivity index (χ4v) is 3.40. The van der Waals surface area contributed by atoms with Gasteiger partial charge in [0, 0.05) is 24.2 Å². The lowest BCUT2D eigenvalue weighted by atomic mass is 10.2. The number of aromatic nitrogens is 2. The molecule has 0 radical (unpaired) electrons. The van der Waals surface area contributed by atoms with Crippen LogP contribution in [-0.4, -0.2) is 20.6 Å². The van der Waals surface area contributed by atoms with Gasteiger partial charge in [-0.05, 0) is 30.7 Å². The molecule has 1 heterocycles. The molecule has 1 aromatic heterocycles. The Morgan fingerprint density at radius 1 is 1.22 bits per heavy atom. The third kappa shape index (κ3) is 4.94. The second-order valence-electron chi connectivity index (χ2n) is 6.57. The number of rotatable bonds is 5. The summed E-state index contributed by atoms with van der Waals surface area (Å²) < 4.78 is 45.4. The molecule has 1 amide bonds. The Hall–Kier alpha value is -3.31. The van der Waals surface area contributed by atoms with Crippen molar-refractivity contribution in [2.45, 2.75) is 13.1 Å². The summed E-state index contributed by atoms with van der Waals surface area (Å²) in [4.78, 5) is 23.1. The maximum absolute atomic E-state index is 13.1. The Morgan fingerprint density at radius 3 is 2.47 bits per heavy atom. The minimum Gasteiger partial charge on any atom is -0.457 e. The molecule has 3 rings (SSSR count). The number of hydrogen-bond donors (Lipinski definition) is 1. The van der Waals surface area contributed by atoms with E-state index in [9.17, 15) is 28.1 Å². The number of hydrogen-bond acceptors (Lipinski definition) is 5. The maximum Gasteiger partial charge on any atom is 0.434 e. The number of amides is 1. The summed E-state index contributed by atoms with van der Waals surface area (Å²) in [6.45, 7) is 1.71. The van der Waals surface area contributed by atoms with Crippen LogP contribution in [0.15, 0.2) is 36.4 Å². The summed E-state index contributed by atoms with van der Waals surface area (Å²) in [6, 6.07) is 8.14. The highest BCUT2D eigenvalue weighted by Crippen LogP contribution is 2.37. The number of ether oxygens (including phenoxy) is 1. The quantitative estimate of drug-likeness (QED) is 0.350. The Bertz CT molecular complexity index is 1230. The summed E-state index contributed by atoms with van der Waals surface area (Å²) in [7, 11) is 0.985. The molecule has 0 saturated heterocycles. The number of carbonyl (C=O) groups excluding carboxylic acids is 1. The first-order chi connectivity index (χ1) is 14.9. The number of carbonyl (C=O) groups is 1. The van der Waals surface area contributed by atoms with Crippen molar-refractivity contribution < 1.29 is 27.6 Å².